The molecule has 106 valence electrons. The summed E-state index contributed by atoms with van der Waals surface area (Å²) in [6, 6.07) is 6.27. The number of rotatable bonds is 2. The van der Waals surface area contributed by atoms with Crippen LogP contribution in [0.15, 0.2) is 35.5 Å². The van der Waals surface area contributed by atoms with Gasteiger partial charge >= 0.3 is 6.03 Å². The minimum absolute atomic E-state index is 0.144. The molecule has 20 heavy (non-hydrogen) atoms. The van der Waals surface area contributed by atoms with Crippen LogP contribution in [0.25, 0.3) is 0 Å². The number of hydrogen-bond acceptors (Lipinski definition) is 2. The van der Waals surface area contributed by atoms with Crippen LogP contribution in [-0.2, 0) is 4.79 Å². The summed E-state index contributed by atoms with van der Waals surface area (Å²) in [6.45, 7) is 1.72. The molecule has 0 aromatic heterocycles. The molecule has 0 spiro atoms. The maximum Gasteiger partial charge on any atom is 0.319 e. The zero-order chi connectivity index (χ0) is 14.9. The fraction of sp³-hybridized carbons (Fsp3) is 0.286. The van der Waals surface area contributed by atoms with E-state index in [0.29, 0.717) is 16.3 Å². The molecule has 0 radical (unpaired) electrons. The van der Waals surface area contributed by atoms with Gasteiger partial charge in [0.2, 0.25) is 0 Å². The number of benzene rings is 1. The molecule has 0 bridgehead atoms. The Balaban J connectivity index is 2.47. The van der Waals surface area contributed by atoms with Gasteiger partial charge in [-0.1, -0.05) is 23.7 Å². The summed E-state index contributed by atoms with van der Waals surface area (Å²) in [5.74, 6) is -0.144. The highest BCUT2D eigenvalue weighted by molar-refractivity contribution is 6.30. The highest BCUT2D eigenvalue weighted by Gasteiger charge is 2.31. The summed E-state index contributed by atoms with van der Waals surface area (Å²) < 4.78 is 0. The molecule has 1 aliphatic heterocycles. The van der Waals surface area contributed by atoms with Crippen molar-refractivity contribution in [2.24, 2.45) is 0 Å². The number of nitrogens with zero attached hydrogens (tertiary/aromatic N) is 1. The quantitative estimate of drug-likeness (QED) is 0.877. The zero-order valence-corrected chi connectivity index (χ0v) is 12.3. The normalized spacial score (nSPS) is 18.4. The van der Waals surface area contributed by atoms with Crippen LogP contribution in [0.4, 0.5) is 4.79 Å². The Morgan fingerprint density at radius 3 is 2.40 bits per heavy atom. The number of hydrogen-bond donors (Lipinski definition) is 2. The van der Waals surface area contributed by atoms with E-state index in [1.165, 1.54) is 4.90 Å². The number of nitrogens with one attached hydrogen (secondary N) is 2. The SMILES string of the molecule is CC1=C(C(=O)N(C)C)[C@@H](c2ccc(Cl)cc2)NC(=O)N1. The lowest BCUT2D eigenvalue weighted by Crippen LogP contribution is -2.46. The van der Waals surface area contributed by atoms with Gasteiger partial charge in [-0.25, -0.2) is 4.79 Å². The second-order valence-electron chi connectivity index (χ2n) is 4.82. The first-order chi connectivity index (χ1) is 9.40. The number of urea groups is 1. The largest absolute Gasteiger partial charge is 0.345 e. The lowest BCUT2D eigenvalue weighted by Gasteiger charge is -2.30. The van der Waals surface area contributed by atoms with Gasteiger partial charge in [-0.05, 0) is 24.6 Å². The third-order valence-electron chi connectivity index (χ3n) is 3.11. The van der Waals surface area contributed by atoms with Crippen molar-refractivity contribution >= 4 is 23.5 Å². The summed E-state index contributed by atoms with van der Waals surface area (Å²) in [4.78, 5) is 25.5. The molecule has 1 atom stereocenters. The molecule has 3 amide bonds. The highest BCUT2D eigenvalue weighted by atomic mass is 35.5. The molecule has 2 N–H and O–H groups in total. The second kappa shape index (κ2) is 5.54. The van der Waals surface area contributed by atoms with Crippen LogP contribution >= 0.6 is 11.6 Å². The second-order valence-corrected chi connectivity index (χ2v) is 5.26. The number of likely N-dealkylation sites (N-methyl/N-ethyl adjacent to an activating group) is 1. The van der Waals surface area contributed by atoms with E-state index in [-0.39, 0.29) is 11.9 Å². The minimum atomic E-state index is -0.476. The van der Waals surface area contributed by atoms with Gasteiger partial charge in [-0.15, -0.1) is 0 Å². The number of allylic oxidation sites excluding steroid dienone is 1. The molecule has 1 heterocycles. The van der Waals surface area contributed by atoms with Gasteiger partial charge in [0.15, 0.2) is 0 Å². The van der Waals surface area contributed by atoms with Gasteiger partial charge in [-0.3, -0.25) is 4.79 Å². The van der Waals surface area contributed by atoms with Gasteiger partial charge in [0.25, 0.3) is 5.91 Å². The molecule has 0 fully saturated rings. The van der Waals surface area contributed by atoms with E-state index in [9.17, 15) is 9.59 Å². The Morgan fingerprint density at radius 2 is 1.85 bits per heavy atom. The Bertz CT molecular complexity index is 579. The van der Waals surface area contributed by atoms with E-state index < -0.39 is 6.04 Å². The van der Waals surface area contributed by atoms with Crippen molar-refractivity contribution in [1.82, 2.24) is 15.5 Å². The van der Waals surface area contributed by atoms with Crippen molar-refractivity contribution in [1.29, 1.82) is 0 Å². The minimum Gasteiger partial charge on any atom is -0.345 e. The van der Waals surface area contributed by atoms with Gasteiger partial charge < -0.3 is 15.5 Å². The van der Waals surface area contributed by atoms with E-state index in [4.69, 9.17) is 11.6 Å². The smallest absolute Gasteiger partial charge is 0.319 e. The monoisotopic (exact) mass is 293 g/mol. The number of amides is 3. The molecule has 0 saturated heterocycles. The van der Waals surface area contributed by atoms with Crippen LogP contribution in [0.2, 0.25) is 5.02 Å². The standard InChI is InChI=1S/C14H16ClN3O2/c1-8-11(13(19)18(2)3)12(17-14(20)16-8)9-4-6-10(15)7-5-9/h4-7,12H,1-3H3,(H2,16,17,20)/t12-/m1/s1. The predicted octanol–water partition coefficient (Wildman–Crippen LogP) is 2.06. The maximum absolute atomic E-state index is 12.3. The van der Waals surface area contributed by atoms with Gasteiger partial charge in [0.1, 0.15) is 0 Å². The zero-order valence-electron chi connectivity index (χ0n) is 11.5. The molecular weight excluding hydrogens is 278 g/mol. The average Bonchev–Trinajstić information content (AvgIpc) is 2.38. The Labute approximate surface area is 122 Å². The van der Waals surface area contributed by atoms with Gasteiger partial charge in [0, 0.05) is 24.8 Å². The maximum atomic E-state index is 12.3. The first-order valence-corrected chi connectivity index (χ1v) is 6.53. The molecule has 1 aromatic rings. The van der Waals surface area contributed by atoms with Crippen LogP contribution in [0.5, 0.6) is 0 Å². The van der Waals surface area contributed by atoms with Crippen LogP contribution in [0.3, 0.4) is 0 Å². The molecule has 1 aliphatic rings. The summed E-state index contributed by atoms with van der Waals surface area (Å²) in [5, 5.41) is 6.01. The fourth-order valence-corrected chi connectivity index (χ4v) is 2.25. The van der Waals surface area contributed by atoms with Gasteiger partial charge in [0.05, 0.1) is 11.6 Å². The third kappa shape index (κ3) is 2.77. The predicted molar refractivity (Wildman–Crippen MR) is 77.3 cm³/mol. The van der Waals surface area contributed by atoms with Crippen LogP contribution in [-0.4, -0.2) is 30.9 Å². The Morgan fingerprint density at radius 1 is 1.25 bits per heavy atom. The van der Waals surface area contributed by atoms with Gasteiger partial charge in [-0.2, -0.15) is 0 Å². The summed E-state index contributed by atoms with van der Waals surface area (Å²) in [5.41, 5.74) is 1.90. The first kappa shape index (κ1) is 14.4. The number of halogens is 1. The molecule has 1 aromatic carbocycles. The molecule has 2 rings (SSSR count). The van der Waals surface area contributed by atoms with Crippen LogP contribution in [0.1, 0.15) is 18.5 Å². The lowest BCUT2D eigenvalue weighted by molar-refractivity contribution is -0.125. The molecular formula is C14H16ClN3O2. The highest BCUT2D eigenvalue weighted by Crippen LogP contribution is 2.28. The van der Waals surface area contributed by atoms with Crippen LogP contribution in [0, 0.1) is 0 Å². The van der Waals surface area contributed by atoms with Crippen molar-refractivity contribution < 1.29 is 9.59 Å². The molecule has 0 aliphatic carbocycles. The molecule has 6 heteroatoms. The number of carbonyl (C=O) groups is 2. The Kier molecular flexibility index (Phi) is 3.99. The van der Waals surface area contributed by atoms with Crippen molar-refractivity contribution in [2.75, 3.05) is 14.1 Å². The first-order valence-electron chi connectivity index (χ1n) is 6.15. The average molecular weight is 294 g/mol. The summed E-state index contributed by atoms with van der Waals surface area (Å²) >= 11 is 5.87. The molecule has 5 nitrogen and oxygen atoms in total. The van der Waals surface area contributed by atoms with Crippen molar-refractivity contribution in [2.45, 2.75) is 13.0 Å². The van der Waals surface area contributed by atoms with E-state index in [0.717, 1.165) is 5.56 Å². The van der Waals surface area contributed by atoms with Crippen molar-refractivity contribution in [3.05, 3.63) is 46.1 Å². The summed E-state index contributed by atoms with van der Waals surface area (Å²) in [6.07, 6.45) is 0. The van der Waals surface area contributed by atoms with E-state index in [2.05, 4.69) is 10.6 Å². The number of carbonyl (C=O) groups excluding carboxylic acids is 2. The lowest BCUT2D eigenvalue weighted by atomic mass is 9.94. The summed E-state index contributed by atoms with van der Waals surface area (Å²) in [7, 11) is 3.36. The van der Waals surface area contributed by atoms with Crippen molar-refractivity contribution in [3.8, 4) is 0 Å². The Hall–Kier alpha value is -2.01. The topological polar surface area (TPSA) is 61.4 Å². The van der Waals surface area contributed by atoms with E-state index in [1.807, 2.05) is 0 Å². The van der Waals surface area contributed by atoms with Crippen LogP contribution < -0.4 is 10.6 Å². The van der Waals surface area contributed by atoms with E-state index >= 15 is 0 Å². The van der Waals surface area contributed by atoms with E-state index in [1.54, 1.807) is 45.3 Å². The van der Waals surface area contributed by atoms with Crippen molar-refractivity contribution in [3.63, 3.8) is 0 Å². The third-order valence-corrected chi connectivity index (χ3v) is 3.36. The fourth-order valence-electron chi connectivity index (χ4n) is 2.12. The molecule has 0 unspecified atom stereocenters. The molecule has 0 saturated carbocycles.